The zero-order chi connectivity index (χ0) is 12.1. The van der Waals surface area contributed by atoms with E-state index in [1.165, 1.54) is 0 Å². The molecule has 1 N–H and O–H groups in total. The van der Waals surface area contributed by atoms with Crippen LogP contribution < -0.4 is 5.32 Å². The standard InChI is InChI=1S/C13H23NO3/c1-2-16-13(15)9-10-7-12(8-10)17-11-3-5-14-6-4-11/h10-12,14H,2-9H2,1H3. The molecule has 4 heteroatoms. The summed E-state index contributed by atoms with van der Waals surface area (Å²) in [5, 5.41) is 3.33. The zero-order valence-corrected chi connectivity index (χ0v) is 10.6. The number of rotatable bonds is 5. The number of ether oxygens (including phenoxy) is 2. The van der Waals surface area contributed by atoms with Crippen LogP contribution in [0.3, 0.4) is 0 Å². The van der Waals surface area contributed by atoms with Gasteiger partial charge in [0.2, 0.25) is 0 Å². The number of nitrogens with one attached hydrogen (secondary N) is 1. The van der Waals surface area contributed by atoms with Crippen molar-refractivity contribution in [2.24, 2.45) is 5.92 Å². The fourth-order valence-electron chi connectivity index (χ4n) is 2.61. The van der Waals surface area contributed by atoms with Gasteiger partial charge in [-0.1, -0.05) is 0 Å². The first-order chi connectivity index (χ1) is 8.28. The van der Waals surface area contributed by atoms with E-state index in [9.17, 15) is 4.79 Å². The first-order valence-electron chi connectivity index (χ1n) is 6.79. The van der Waals surface area contributed by atoms with Crippen LogP contribution >= 0.6 is 0 Å². The molecule has 2 fully saturated rings. The third-order valence-electron chi connectivity index (χ3n) is 3.62. The van der Waals surface area contributed by atoms with Gasteiger partial charge in [-0.2, -0.15) is 0 Å². The molecule has 0 amide bonds. The fourth-order valence-corrected chi connectivity index (χ4v) is 2.61. The Balaban J connectivity index is 1.57. The average Bonchev–Trinajstić information content (AvgIpc) is 2.28. The second-order valence-electron chi connectivity index (χ2n) is 5.05. The number of esters is 1. The van der Waals surface area contributed by atoms with Crippen molar-refractivity contribution >= 4 is 5.97 Å². The van der Waals surface area contributed by atoms with Crippen LogP contribution in [-0.4, -0.2) is 37.9 Å². The van der Waals surface area contributed by atoms with Crippen molar-refractivity contribution in [3.8, 4) is 0 Å². The van der Waals surface area contributed by atoms with Crippen LogP contribution in [-0.2, 0) is 14.3 Å². The van der Waals surface area contributed by atoms with Gasteiger partial charge in [-0.3, -0.25) is 4.79 Å². The van der Waals surface area contributed by atoms with E-state index in [1.807, 2.05) is 6.92 Å². The Morgan fingerprint density at radius 2 is 1.94 bits per heavy atom. The zero-order valence-electron chi connectivity index (χ0n) is 10.6. The van der Waals surface area contributed by atoms with Crippen LogP contribution in [0.2, 0.25) is 0 Å². The monoisotopic (exact) mass is 241 g/mol. The SMILES string of the molecule is CCOC(=O)CC1CC(OC2CCNCC2)C1. The van der Waals surface area contributed by atoms with Crippen molar-refractivity contribution in [2.45, 2.75) is 51.2 Å². The van der Waals surface area contributed by atoms with Gasteiger partial charge in [0.1, 0.15) is 0 Å². The quantitative estimate of drug-likeness (QED) is 0.741. The topological polar surface area (TPSA) is 47.6 Å². The summed E-state index contributed by atoms with van der Waals surface area (Å²) in [6, 6.07) is 0. The third kappa shape index (κ3) is 3.96. The Bertz CT molecular complexity index is 245. The second-order valence-corrected chi connectivity index (χ2v) is 5.05. The van der Waals surface area contributed by atoms with Crippen molar-refractivity contribution in [1.29, 1.82) is 0 Å². The van der Waals surface area contributed by atoms with Crippen LogP contribution in [0.4, 0.5) is 0 Å². The number of carbonyl (C=O) groups is 1. The predicted octanol–water partition coefficient (Wildman–Crippen LogP) is 1.49. The Kier molecular flexibility index (Phi) is 4.80. The molecular weight excluding hydrogens is 218 g/mol. The summed E-state index contributed by atoms with van der Waals surface area (Å²) in [6.07, 6.45) is 5.70. The molecule has 1 heterocycles. The van der Waals surface area contributed by atoms with E-state index >= 15 is 0 Å². The maximum Gasteiger partial charge on any atom is 0.306 e. The highest BCUT2D eigenvalue weighted by Gasteiger charge is 2.33. The molecule has 98 valence electrons. The smallest absolute Gasteiger partial charge is 0.306 e. The minimum Gasteiger partial charge on any atom is -0.466 e. The second kappa shape index (κ2) is 6.36. The molecule has 0 bridgehead atoms. The Labute approximate surface area is 103 Å². The summed E-state index contributed by atoms with van der Waals surface area (Å²) in [4.78, 5) is 11.3. The molecule has 0 unspecified atom stereocenters. The predicted molar refractivity (Wildman–Crippen MR) is 64.7 cm³/mol. The van der Waals surface area contributed by atoms with Crippen molar-refractivity contribution in [1.82, 2.24) is 5.32 Å². The van der Waals surface area contributed by atoms with Crippen molar-refractivity contribution in [3.05, 3.63) is 0 Å². The van der Waals surface area contributed by atoms with Gasteiger partial charge >= 0.3 is 5.97 Å². The maximum absolute atomic E-state index is 11.3. The van der Waals surface area contributed by atoms with Gasteiger partial charge in [0.05, 0.1) is 18.8 Å². The van der Waals surface area contributed by atoms with Crippen LogP contribution in [0, 0.1) is 5.92 Å². The summed E-state index contributed by atoms with van der Waals surface area (Å²) in [5.74, 6) is 0.429. The third-order valence-corrected chi connectivity index (χ3v) is 3.62. The summed E-state index contributed by atoms with van der Waals surface area (Å²) in [7, 11) is 0. The van der Waals surface area contributed by atoms with E-state index in [1.54, 1.807) is 0 Å². The molecule has 0 aromatic rings. The van der Waals surface area contributed by atoms with E-state index in [0.29, 0.717) is 31.2 Å². The first-order valence-corrected chi connectivity index (χ1v) is 6.79. The molecule has 0 spiro atoms. The lowest BCUT2D eigenvalue weighted by molar-refractivity contribution is -0.147. The van der Waals surface area contributed by atoms with Crippen molar-refractivity contribution < 1.29 is 14.3 Å². The number of piperidine rings is 1. The molecule has 0 aromatic heterocycles. The highest BCUT2D eigenvalue weighted by molar-refractivity contribution is 5.69. The molecule has 0 aromatic carbocycles. The number of carbonyl (C=O) groups excluding carboxylic acids is 1. The molecule has 1 saturated heterocycles. The van der Waals surface area contributed by atoms with E-state index < -0.39 is 0 Å². The Morgan fingerprint density at radius 1 is 1.24 bits per heavy atom. The molecule has 2 aliphatic rings. The summed E-state index contributed by atoms with van der Waals surface area (Å²) < 4.78 is 11.0. The average molecular weight is 241 g/mol. The van der Waals surface area contributed by atoms with Gasteiger partial charge < -0.3 is 14.8 Å². The number of hydrogen-bond acceptors (Lipinski definition) is 4. The molecular formula is C13H23NO3. The highest BCUT2D eigenvalue weighted by atomic mass is 16.5. The van der Waals surface area contributed by atoms with Crippen LogP contribution in [0.1, 0.15) is 39.0 Å². The molecule has 0 atom stereocenters. The van der Waals surface area contributed by atoms with Gasteiger partial charge in [0.25, 0.3) is 0 Å². The van der Waals surface area contributed by atoms with E-state index in [4.69, 9.17) is 9.47 Å². The van der Waals surface area contributed by atoms with Crippen LogP contribution in [0.5, 0.6) is 0 Å². The minimum atomic E-state index is -0.0576. The maximum atomic E-state index is 11.3. The largest absolute Gasteiger partial charge is 0.466 e. The lowest BCUT2D eigenvalue weighted by Crippen LogP contribution is -2.40. The van der Waals surface area contributed by atoms with E-state index in [2.05, 4.69) is 5.32 Å². The normalized spacial score (nSPS) is 29.7. The van der Waals surface area contributed by atoms with Gasteiger partial charge in [0, 0.05) is 6.42 Å². The van der Waals surface area contributed by atoms with Crippen molar-refractivity contribution in [2.75, 3.05) is 19.7 Å². The molecule has 2 rings (SSSR count). The first kappa shape index (κ1) is 12.8. The highest BCUT2D eigenvalue weighted by Crippen LogP contribution is 2.34. The molecule has 4 nitrogen and oxygen atoms in total. The fraction of sp³-hybridized carbons (Fsp3) is 0.923. The minimum absolute atomic E-state index is 0.0576. The van der Waals surface area contributed by atoms with Gasteiger partial charge in [-0.25, -0.2) is 0 Å². The molecule has 0 radical (unpaired) electrons. The van der Waals surface area contributed by atoms with E-state index in [-0.39, 0.29) is 5.97 Å². The number of hydrogen-bond donors (Lipinski definition) is 1. The molecule has 1 aliphatic heterocycles. The Morgan fingerprint density at radius 3 is 2.59 bits per heavy atom. The molecule has 1 saturated carbocycles. The molecule has 17 heavy (non-hydrogen) atoms. The van der Waals surface area contributed by atoms with Gasteiger partial charge in [-0.15, -0.1) is 0 Å². The summed E-state index contributed by atoms with van der Waals surface area (Å²) in [6.45, 7) is 4.48. The van der Waals surface area contributed by atoms with Crippen molar-refractivity contribution in [3.63, 3.8) is 0 Å². The van der Waals surface area contributed by atoms with Crippen LogP contribution in [0.15, 0.2) is 0 Å². The van der Waals surface area contributed by atoms with E-state index in [0.717, 1.165) is 38.8 Å². The van der Waals surface area contributed by atoms with Gasteiger partial charge in [-0.05, 0) is 51.6 Å². The summed E-state index contributed by atoms with van der Waals surface area (Å²) in [5.41, 5.74) is 0. The lowest BCUT2D eigenvalue weighted by atomic mass is 9.80. The lowest BCUT2D eigenvalue weighted by Gasteiger charge is -2.38. The van der Waals surface area contributed by atoms with Gasteiger partial charge in [0.15, 0.2) is 0 Å². The summed E-state index contributed by atoms with van der Waals surface area (Å²) >= 11 is 0. The molecule has 1 aliphatic carbocycles. The van der Waals surface area contributed by atoms with Crippen LogP contribution in [0.25, 0.3) is 0 Å². The Hall–Kier alpha value is -0.610.